The van der Waals surface area contributed by atoms with Crippen LogP contribution >= 0.6 is 0 Å². The van der Waals surface area contributed by atoms with E-state index in [4.69, 9.17) is 0 Å². The molecule has 0 bridgehead atoms. The number of hydrogen-bond acceptors (Lipinski definition) is 2. The van der Waals surface area contributed by atoms with Crippen molar-refractivity contribution < 1.29 is 4.79 Å². The molecule has 1 saturated carbocycles. The van der Waals surface area contributed by atoms with E-state index in [-0.39, 0.29) is 5.91 Å². The molecule has 1 aliphatic carbocycles. The summed E-state index contributed by atoms with van der Waals surface area (Å²) in [6, 6.07) is 0. The molecule has 1 rings (SSSR count). The van der Waals surface area contributed by atoms with Gasteiger partial charge in [-0.15, -0.1) is 0 Å². The summed E-state index contributed by atoms with van der Waals surface area (Å²) >= 11 is 0. The highest BCUT2D eigenvalue weighted by molar-refractivity contribution is 5.75. The van der Waals surface area contributed by atoms with Crippen molar-refractivity contribution in [3.63, 3.8) is 0 Å². The number of hydrogen-bond donors (Lipinski definition) is 2. The van der Waals surface area contributed by atoms with Crippen molar-refractivity contribution in [2.75, 3.05) is 20.1 Å². The fourth-order valence-corrected chi connectivity index (χ4v) is 2.75. The monoisotopic (exact) mass is 240 g/mol. The van der Waals surface area contributed by atoms with Crippen molar-refractivity contribution in [3.8, 4) is 0 Å². The molecule has 3 nitrogen and oxygen atoms in total. The fourth-order valence-electron chi connectivity index (χ4n) is 2.75. The third-order valence-electron chi connectivity index (χ3n) is 3.75. The van der Waals surface area contributed by atoms with E-state index in [1.807, 2.05) is 7.05 Å². The van der Waals surface area contributed by atoms with E-state index in [2.05, 4.69) is 17.6 Å². The molecule has 0 aromatic heterocycles. The van der Waals surface area contributed by atoms with Gasteiger partial charge < -0.3 is 10.6 Å². The summed E-state index contributed by atoms with van der Waals surface area (Å²) in [6.07, 6.45) is 8.25. The molecule has 17 heavy (non-hydrogen) atoms. The number of amides is 1. The summed E-state index contributed by atoms with van der Waals surface area (Å²) < 4.78 is 0. The smallest absolute Gasteiger partial charge is 0.220 e. The average Bonchev–Trinajstić information content (AvgIpc) is 2.29. The predicted octanol–water partition coefficient (Wildman–Crippen LogP) is 2.32. The Morgan fingerprint density at radius 1 is 1.29 bits per heavy atom. The van der Waals surface area contributed by atoms with E-state index in [1.165, 1.54) is 32.1 Å². The highest BCUT2D eigenvalue weighted by Gasteiger charge is 2.18. The Balaban J connectivity index is 2.00. The summed E-state index contributed by atoms with van der Waals surface area (Å²) in [5, 5.41) is 6.09. The van der Waals surface area contributed by atoms with Crippen LogP contribution in [0, 0.1) is 11.8 Å². The molecule has 0 radical (unpaired) electrons. The molecular weight excluding hydrogens is 212 g/mol. The summed E-state index contributed by atoms with van der Waals surface area (Å²) in [7, 11) is 1.92. The zero-order chi connectivity index (χ0) is 12.5. The van der Waals surface area contributed by atoms with Crippen LogP contribution in [0.4, 0.5) is 0 Å². The Morgan fingerprint density at radius 3 is 2.82 bits per heavy atom. The first-order valence-electron chi connectivity index (χ1n) is 7.13. The Bertz CT molecular complexity index is 218. The minimum Gasteiger partial charge on any atom is -0.356 e. The second kappa shape index (κ2) is 8.51. The van der Waals surface area contributed by atoms with Crippen molar-refractivity contribution in [2.45, 2.75) is 51.9 Å². The summed E-state index contributed by atoms with van der Waals surface area (Å²) in [6.45, 7) is 4.14. The molecule has 1 amide bonds. The van der Waals surface area contributed by atoms with Crippen molar-refractivity contribution in [1.29, 1.82) is 0 Å². The molecule has 0 aromatic carbocycles. The maximum absolute atomic E-state index is 11.5. The zero-order valence-electron chi connectivity index (χ0n) is 11.4. The first-order valence-corrected chi connectivity index (χ1v) is 7.13. The lowest BCUT2D eigenvalue weighted by molar-refractivity contribution is -0.121. The van der Waals surface area contributed by atoms with E-state index in [1.54, 1.807) is 0 Å². The third-order valence-corrected chi connectivity index (χ3v) is 3.75. The maximum atomic E-state index is 11.5. The lowest BCUT2D eigenvalue weighted by atomic mass is 9.81. The molecular formula is C14H28N2O. The van der Waals surface area contributed by atoms with E-state index in [0.29, 0.717) is 6.42 Å². The van der Waals surface area contributed by atoms with Gasteiger partial charge >= 0.3 is 0 Å². The van der Waals surface area contributed by atoms with Gasteiger partial charge in [0, 0.05) is 13.0 Å². The zero-order valence-corrected chi connectivity index (χ0v) is 11.4. The normalized spacial score (nSPS) is 24.6. The lowest BCUT2D eigenvalue weighted by Gasteiger charge is -2.26. The lowest BCUT2D eigenvalue weighted by Crippen LogP contribution is -2.27. The summed E-state index contributed by atoms with van der Waals surface area (Å²) in [5.41, 5.74) is 0. The molecule has 100 valence electrons. The molecule has 0 heterocycles. The molecule has 0 aromatic rings. The van der Waals surface area contributed by atoms with E-state index in [9.17, 15) is 4.79 Å². The van der Waals surface area contributed by atoms with E-state index < -0.39 is 0 Å². The van der Waals surface area contributed by atoms with Gasteiger partial charge in [0.2, 0.25) is 5.91 Å². The van der Waals surface area contributed by atoms with Gasteiger partial charge in [0.1, 0.15) is 0 Å². The highest BCUT2D eigenvalue weighted by Crippen LogP contribution is 2.30. The van der Waals surface area contributed by atoms with Gasteiger partial charge in [-0.3, -0.25) is 4.79 Å². The minimum absolute atomic E-state index is 0.212. The van der Waals surface area contributed by atoms with Crippen LogP contribution in [0.1, 0.15) is 51.9 Å². The maximum Gasteiger partial charge on any atom is 0.220 e. The number of carbonyl (C=O) groups is 1. The molecule has 2 unspecified atom stereocenters. The molecule has 2 atom stereocenters. The number of rotatable bonds is 7. The Labute approximate surface area is 106 Å². The first-order chi connectivity index (χ1) is 8.22. The standard InChI is InChI=1S/C14H28N2O/c1-12-5-3-6-13(11-12)8-10-16-14(17)7-4-9-15-2/h12-13,15H,3-11H2,1-2H3,(H,16,17). The Hall–Kier alpha value is -0.570. The van der Waals surface area contributed by atoms with Crippen LogP contribution in [0.25, 0.3) is 0 Å². The van der Waals surface area contributed by atoms with Crippen LogP contribution in [0.2, 0.25) is 0 Å². The molecule has 3 heteroatoms. The van der Waals surface area contributed by atoms with Crippen LogP contribution in [-0.4, -0.2) is 26.0 Å². The quantitative estimate of drug-likeness (QED) is 0.671. The van der Waals surface area contributed by atoms with Gasteiger partial charge in [0.05, 0.1) is 0 Å². The highest BCUT2D eigenvalue weighted by atomic mass is 16.1. The van der Waals surface area contributed by atoms with Crippen LogP contribution < -0.4 is 10.6 Å². The van der Waals surface area contributed by atoms with Gasteiger partial charge in [0.25, 0.3) is 0 Å². The van der Waals surface area contributed by atoms with Crippen LogP contribution in [0.3, 0.4) is 0 Å². The topological polar surface area (TPSA) is 41.1 Å². The molecule has 0 saturated heterocycles. The van der Waals surface area contributed by atoms with Gasteiger partial charge in [-0.1, -0.05) is 26.2 Å². The van der Waals surface area contributed by atoms with E-state index in [0.717, 1.165) is 31.3 Å². The second-order valence-corrected chi connectivity index (χ2v) is 5.48. The fraction of sp³-hybridized carbons (Fsp3) is 0.929. The largest absolute Gasteiger partial charge is 0.356 e. The number of nitrogens with one attached hydrogen (secondary N) is 2. The van der Waals surface area contributed by atoms with Gasteiger partial charge in [-0.25, -0.2) is 0 Å². The first kappa shape index (κ1) is 14.5. The van der Waals surface area contributed by atoms with Gasteiger partial charge in [-0.2, -0.15) is 0 Å². The second-order valence-electron chi connectivity index (χ2n) is 5.48. The molecule has 0 aliphatic heterocycles. The third kappa shape index (κ3) is 6.67. The van der Waals surface area contributed by atoms with E-state index >= 15 is 0 Å². The molecule has 0 spiro atoms. The summed E-state index contributed by atoms with van der Waals surface area (Å²) in [4.78, 5) is 11.5. The van der Waals surface area contributed by atoms with Crippen molar-refractivity contribution >= 4 is 5.91 Å². The Kier molecular flexibility index (Phi) is 7.25. The van der Waals surface area contributed by atoms with Gasteiger partial charge in [-0.05, 0) is 44.7 Å². The predicted molar refractivity (Wildman–Crippen MR) is 71.9 cm³/mol. The molecule has 1 aliphatic rings. The van der Waals surface area contributed by atoms with Crippen molar-refractivity contribution in [3.05, 3.63) is 0 Å². The molecule has 1 fully saturated rings. The van der Waals surface area contributed by atoms with Crippen LogP contribution in [0.15, 0.2) is 0 Å². The van der Waals surface area contributed by atoms with Crippen molar-refractivity contribution in [1.82, 2.24) is 10.6 Å². The minimum atomic E-state index is 0.212. The van der Waals surface area contributed by atoms with Crippen molar-refractivity contribution in [2.24, 2.45) is 11.8 Å². The summed E-state index contributed by atoms with van der Waals surface area (Å²) in [5.74, 6) is 1.94. The number of carbonyl (C=O) groups excluding carboxylic acids is 1. The SMILES string of the molecule is CNCCCC(=O)NCCC1CCCC(C)C1. The molecule has 2 N–H and O–H groups in total. The van der Waals surface area contributed by atoms with Crippen LogP contribution in [-0.2, 0) is 4.79 Å². The average molecular weight is 240 g/mol. The van der Waals surface area contributed by atoms with Crippen LogP contribution in [0.5, 0.6) is 0 Å². The van der Waals surface area contributed by atoms with Gasteiger partial charge in [0.15, 0.2) is 0 Å². The Morgan fingerprint density at radius 2 is 2.12 bits per heavy atom.